The van der Waals surface area contributed by atoms with Gasteiger partial charge in [-0.15, -0.1) is 0 Å². The monoisotopic (exact) mass is 353 g/mol. The van der Waals surface area contributed by atoms with Gasteiger partial charge in [-0.2, -0.15) is 5.10 Å². The fourth-order valence-corrected chi connectivity index (χ4v) is 3.03. The van der Waals surface area contributed by atoms with Crippen molar-refractivity contribution < 1.29 is 4.79 Å². The maximum Gasteiger partial charge on any atom is 0.222 e. The summed E-state index contributed by atoms with van der Waals surface area (Å²) in [5.41, 5.74) is 2.79. The first kappa shape index (κ1) is 15.7. The summed E-state index contributed by atoms with van der Waals surface area (Å²) in [6.45, 7) is 0.870. The Morgan fingerprint density at radius 1 is 1.20 bits per heavy atom. The van der Waals surface area contributed by atoms with Crippen molar-refractivity contribution in [3.8, 4) is 0 Å². The number of H-pyrrole nitrogens is 1. The third-order valence-electron chi connectivity index (χ3n) is 4.08. The van der Waals surface area contributed by atoms with Crippen molar-refractivity contribution in [2.75, 3.05) is 0 Å². The summed E-state index contributed by atoms with van der Waals surface area (Å²) in [5, 5.41) is 8.75. The van der Waals surface area contributed by atoms with Crippen LogP contribution in [0.3, 0.4) is 0 Å². The molecule has 0 unspecified atom stereocenters. The van der Waals surface area contributed by atoms with Crippen LogP contribution in [0.1, 0.15) is 12.2 Å². The molecule has 0 saturated heterocycles. The summed E-state index contributed by atoms with van der Waals surface area (Å²) in [6.07, 6.45) is 2.06. The number of carbonyl (C=O) groups excluding carboxylic acids is 1. The minimum absolute atomic E-state index is 0.0499. The lowest BCUT2D eigenvalue weighted by Gasteiger charge is -2.05. The predicted molar refractivity (Wildman–Crippen MR) is 97.3 cm³/mol. The summed E-state index contributed by atoms with van der Waals surface area (Å²) in [7, 11) is 0. The molecule has 0 bridgehead atoms. The van der Waals surface area contributed by atoms with Crippen molar-refractivity contribution in [2.24, 2.45) is 0 Å². The van der Waals surface area contributed by atoms with Gasteiger partial charge in [-0.3, -0.25) is 9.48 Å². The van der Waals surface area contributed by atoms with Gasteiger partial charge in [0.25, 0.3) is 0 Å². The molecule has 0 aliphatic carbocycles. The summed E-state index contributed by atoms with van der Waals surface area (Å²) < 4.78 is 1.79. The minimum atomic E-state index is -0.0499. The van der Waals surface area contributed by atoms with Crippen molar-refractivity contribution in [1.29, 1.82) is 0 Å². The molecule has 2 aromatic carbocycles. The number of nitrogens with one attached hydrogen (secondary N) is 2. The summed E-state index contributed by atoms with van der Waals surface area (Å²) in [4.78, 5) is 19.7. The van der Waals surface area contributed by atoms with Crippen LogP contribution < -0.4 is 5.32 Å². The first-order chi connectivity index (χ1) is 12.2. The molecule has 1 amide bonds. The lowest BCUT2D eigenvalue weighted by atomic mass is 10.2. The maximum atomic E-state index is 12.1. The molecule has 7 heteroatoms. The molecule has 6 nitrogen and oxygen atoms in total. The van der Waals surface area contributed by atoms with Gasteiger partial charge in [0.1, 0.15) is 5.82 Å². The van der Waals surface area contributed by atoms with Crippen molar-refractivity contribution in [1.82, 2.24) is 25.1 Å². The number of fused-ring (bicyclic) bond motifs is 2. The molecule has 2 heterocycles. The number of rotatable bonds is 5. The van der Waals surface area contributed by atoms with Gasteiger partial charge in [0.2, 0.25) is 5.91 Å². The van der Waals surface area contributed by atoms with Gasteiger partial charge < -0.3 is 10.3 Å². The number of carbonyl (C=O) groups is 1. The Labute approximate surface area is 148 Å². The average molecular weight is 354 g/mol. The Balaban J connectivity index is 1.36. The largest absolute Gasteiger partial charge is 0.349 e. The highest BCUT2D eigenvalue weighted by Crippen LogP contribution is 2.22. The van der Waals surface area contributed by atoms with Gasteiger partial charge in [-0.1, -0.05) is 29.8 Å². The van der Waals surface area contributed by atoms with E-state index in [0.717, 1.165) is 27.8 Å². The van der Waals surface area contributed by atoms with E-state index >= 15 is 0 Å². The Hall–Kier alpha value is -2.86. The predicted octanol–water partition coefficient (Wildman–Crippen LogP) is 3.27. The number of hydrogen-bond acceptors (Lipinski definition) is 3. The molecule has 0 spiro atoms. The average Bonchev–Trinajstić information content (AvgIpc) is 3.22. The molecule has 0 saturated carbocycles. The Bertz CT molecular complexity index is 1020. The standard InChI is InChI=1S/C18H16ClN5O/c19-13-4-3-7-16-12(13)10-21-24(16)9-8-18(25)20-11-17-22-14-5-1-2-6-15(14)23-17/h1-7,10H,8-9,11H2,(H,20,25)(H,22,23). The van der Waals surface area contributed by atoms with Gasteiger partial charge >= 0.3 is 0 Å². The van der Waals surface area contributed by atoms with Crippen molar-refractivity contribution >= 4 is 39.4 Å². The molecule has 0 aliphatic heterocycles. The van der Waals surface area contributed by atoms with Crippen LogP contribution in [0.25, 0.3) is 21.9 Å². The highest BCUT2D eigenvalue weighted by molar-refractivity contribution is 6.35. The number of aromatic nitrogens is 4. The molecule has 25 heavy (non-hydrogen) atoms. The quantitative estimate of drug-likeness (QED) is 0.578. The molecule has 0 radical (unpaired) electrons. The second-order valence-corrected chi connectivity index (χ2v) is 6.17. The number of hydrogen-bond donors (Lipinski definition) is 2. The maximum absolute atomic E-state index is 12.1. The summed E-state index contributed by atoms with van der Waals surface area (Å²) >= 11 is 6.14. The number of benzene rings is 2. The second-order valence-electron chi connectivity index (χ2n) is 5.77. The SMILES string of the molecule is O=C(CCn1ncc2c(Cl)cccc21)NCc1nc2ccccc2[nH]1. The number of nitrogens with zero attached hydrogens (tertiary/aromatic N) is 3. The molecule has 4 aromatic rings. The number of halogens is 1. The van der Waals surface area contributed by atoms with Gasteiger partial charge in [0.05, 0.1) is 40.9 Å². The van der Waals surface area contributed by atoms with Crippen molar-refractivity contribution in [2.45, 2.75) is 19.5 Å². The highest BCUT2D eigenvalue weighted by atomic mass is 35.5. The zero-order valence-electron chi connectivity index (χ0n) is 13.4. The van der Waals surface area contributed by atoms with E-state index in [9.17, 15) is 4.79 Å². The van der Waals surface area contributed by atoms with Crippen LogP contribution in [0.4, 0.5) is 0 Å². The Morgan fingerprint density at radius 3 is 2.96 bits per heavy atom. The molecule has 0 atom stereocenters. The van der Waals surface area contributed by atoms with Crippen molar-refractivity contribution in [3.63, 3.8) is 0 Å². The van der Waals surface area contributed by atoms with E-state index in [1.165, 1.54) is 0 Å². The van der Waals surface area contributed by atoms with Crippen LogP contribution in [-0.4, -0.2) is 25.7 Å². The van der Waals surface area contributed by atoms with Crippen LogP contribution in [0.15, 0.2) is 48.7 Å². The smallest absolute Gasteiger partial charge is 0.222 e. The zero-order chi connectivity index (χ0) is 17.2. The third-order valence-corrected chi connectivity index (χ3v) is 4.41. The minimum Gasteiger partial charge on any atom is -0.349 e. The van der Waals surface area contributed by atoms with Gasteiger partial charge in [0.15, 0.2) is 0 Å². The van der Waals surface area contributed by atoms with Gasteiger partial charge in [-0.05, 0) is 24.3 Å². The lowest BCUT2D eigenvalue weighted by molar-refractivity contribution is -0.121. The first-order valence-corrected chi connectivity index (χ1v) is 8.39. The van der Waals surface area contributed by atoms with E-state index in [4.69, 9.17) is 11.6 Å². The number of aryl methyl sites for hydroxylation is 1. The molecule has 4 rings (SSSR count). The Kier molecular flexibility index (Phi) is 4.11. The van der Waals surface area contributed by atoms with Crippen LogP contribution in [0, 0.1) is 0 Å². The molecule has 0 fully saturated rings. The van der Waals surface area contributed by atoms with Gasteiger partial charge in [-0.25, -0.2) is 4.98 Å². The molecule has 126 valence electrons. The van der Waals surface area contributed by atoms with E-state index in [2.05, 4.69) is 20.4 Å². The fraction of sp³-hybridized carbons (Fsp3) is 0.167. The number of aromatic amines is 1. The van der Waals surface area contributed by atoms with E-state index in [-0.39, 0.29) is 5.91 Å². The molecular formula is C18H16ClN5O. The number of amides is 1. The van der Waals surface area contributed by atoms with E-state index in [1.807, 2.05) is 42.5 Å². The fourth-order valence-electron chi connectivity index (χ4n) is 2.81. The first-order valence-electron chi connectivity index (χ1n) is 8.01. The summed E-state index contributed by atoms with van der Waals surface area (Å²) in [6, 6.07) is 13.4. The van der Waals surface area contributed by atoms with E-state index in [1.54, 1.807) is 10.9 Å². The van der Waals surface area contributed by atoms with E-state index < -0.39 is 0 Å². The normalized spacial score (nSPS) is 11.2. The highest BCUT2D eigenvalue weighted by Gasteiger charge is 2.09. The van der Waals surface area contributed by atoms with Crippen molar-refractivity contribution in [3.05, 3.63) is 59.5 Å². The lowest BCUT2D eigenvalue weighted by Crippen LogP contribution is -2.24. The molecular weight excluding hydrogens is 338 g/mol. The Morgan fingerprint density at radius 2 is 2.08 bits per heavy atom. The third kappa shape index (κ3) is 3.21. The second kappa shape index (κ2) is 6.57. The van der Waals surface area contributed by atoms with Crippen LogP contribution in [-0.2, 0) is 17.9 Å². The van der Waals surface area contributed by atoms with E-state index in [0.29, 0.717) is 24.5 Å². The topological polar surface area (TPSA) is 75.6 Å². The van der Waals surface area contributed by atoms with Crippen LogP contribution in [0.2, 0.25) is 5.02 Å². The molecule has 2 N–H and O–H groups in total. The zero-order valence-corrected chi connectivity index (χ0v) is 14.1. The number of para-hydroxylation sites is 2. The summed E-state index contributed by atoms with van der Waals surface area (Å²) in [5.74, 6) is 0.692. The number of imidazole rings is 1. The molecule has 2 aromatic heterocycles. The van der Waals surface area contributed by atoms with Crippen LogP contribution >= 0.6 is 11.6 Å². The molecule has 0 aliphatic rings. The van der Waals surface area contributed by atoms with Gasteiger partial charge in [0, 0.05) is 11.8 Å². The van der Waals surface area contributed by atoms with Crippen LogP contribution in [0.5, 0.6) is 0 Å².